The molecule has 0 atom stereocenters. The van der Waals surface area contributed by atoms with E-state index in [1.807, 2.05) is 0 Å². The summed E-state index contributed by atoms with van der Waals surface area (Å²) in [7, 11) is 0. The van der Waals surface area contributed by atoms with Crippen LogP contribution in [0.5, 0.6) is 0 Å². The largest absolute Gasteiger partial charge is 0.416 e. The number of halogens is 4. The minimum absolute atomic E-state index is 0.147. The van der Waals surface area contributed by atoms with Gasteiger partial charge in [-0.15, -0.1) is 0 Å². The Hall–Kier alpha value is -3.60. The lowest BCUT2D eigenvalue weighted by Crippen LogP contribution is -2.66. The number of fused-ring (bicyclic) bond motifs is 1. The smallest absolute Gasteiger partial charge is 0.357 e. The standard InChI is InChI=1S/C20H14F4N4O7/c21-10-4-8(3-9(5-10)19(22,23)24)17(30,31)13-6-12(26-7-27-13)15-14-11(1-2-25-15)16(29)28-20(34,35)18(14,32)33/h1-7,30-35H,(H,28,29). The maximum atomic E-state index is 13.8. The summed E-state index contributed by atoms with van der Waals surface area (Å²) in [5, 5.41) is 63.3. The Balaban J connectivity index is 1.88. The first kappa shape index (κ1) is 24.5. The van der Waals surface area contributed by atoms with Gasteiger partial charge in [-0.25, -0.2) is 14.4 Å². The molecule has 0 bridgehead atoms. The van der Waals surface area contributed by atoms with Crippen molar-refractivity contribution in [3.8, 4) is 11.4 Å². The summed E-state index contributed by atoms with van der Waals surface area (Å²) in [6.07, 6.45) is -3.30. The van der Waals surface area contributed by atoms with E-state index < -0.39 is 74.7 Å². The third kappa shape index (κ3) is 3.99. The molecular weight excluding hydrogens is 484 g/mol. The van der Waals surface area contributed by atoms with Crippen molar-refractivity contribution in [1.29, 1.82) is 0 Å². The summed E-state index contributed by atoms with van der Waals surface area (Å²) in [5.41, 5.74) is -5.52. The summed E-state index contributed by atoms with van der Waals surface area (Å²) in [6.45, 7) is 0. The number of pyridine rings is 1. The molecule has 3 aromatic rings. The maximum absolute atomic E-state index is 13.8. The van der Waals surface area contributed by atoms with Gasteiger partial charge in [0.2, 0.25) is 5.79 Å². The van der Waals surface area contributed by atoms with E-state index in [-0.39, 0.29) is 12.1 Å². The van der Waals surface area contributed by atoms with Gasteiger partial charge >= 0.3 is 12.1 Å². The lowest BCUT2D eigenvalue weighted by Gasteiger charge is -2.40. The second-order valence-corrected chi connectivity index (χ2v) is 7.57. The third-order valence-corrected chi connectivity index (χ3v) is 5.21. The van der Waals surface area contributed by atoms with E-state index >= 15 is 0 Å². The highest BCUT2D eigenvalue weighted by atomic mass is 19.4. The molecule has 7 N–H and O–H groups in total. The zero-order valence-corrected chi connectivity index (χ0v) is 17.0. The number of carbonyl (C=O) groups is 1. The van der Waals surface area contributed by atoms with Crippen molar-refractivity contribution in [2.75, 3.05) is 0 Å². The van der Waals surface area contributed by atoms with Crippen LogP contribution in [0.2, 0.25) is 0 Å². The van der Waals surface area contributed by atoms with Gasteiger partial charge in [0.1, 0.15) is 17.8 Å². The van der Waals surface area contributed by atoms with Gasteiger partial charge in [-0.2, -0.15) is 13.2 Å². The van der Waals surface area contributed by atoms with E-state index in [1.54, 1.807) is 5.32 Å². The number of aliphatic hydroxyl groups is 6. The molecule has 11 nitrogen and oxygen atoms in total. The molecule has 184 valence electrons. The SMILES string of the molecule is O=C1NC(O)(O)C(O)(O)c2c1ccnc2-c1cc(C(O)(O)c2cc(F)cc(C(F)(F)F)c2)ncn1. The molecule has 1 aromatic carbocycles. The van der Waals surface area contributed by atoms with E-state index in [0.717, 1.165) is 18.3 Å². The van der Waals surface area contributed by atoms with E-state index in [2.05, 4.69) is 15.0 Å². The maximum Gasteiger partial charge on any atom is 0.416 e. The first-order valence-electron chi connectivity index (χ1n) is 9.43. The van der Waals surface area contributed by atoms with Crippen molar-refractivity contribution in [2.45, 2.75) is 23.7 Å². The van der Waals surface area contributed by atoms with Crippen molar-refractivity contribution in [3.63, 3.8) is 0 Å². The Labute approximate surface area is 191 Å². The van der Waals surface area contributed by atoms with Crippen LogP contribution in [0.1, 0.15) is 32.7 Å². The fraction of sp³-hybridized carbons (Fsp3) is 0.200. The molecule has 0 saturated carbocycles. The first-order valence-corrected chi connectivity index (χ1v) is 9.43. The van der Waals surface area contributed by atoms with E-state index in [1.165, 1.54) is 0 Å². The zero-order chi connectivity index (χ0) is 26.0. The number of hydrogen-bond acceptors (Lipinski definition) is 10. The van der Waals surface area contributed by atoms with Crippen molar-refractivity contribution in [2.24, 2.45) is 0 Å². The molecule has 0 aliphatic carbocycles. The Morgan fingerprint density at radius 3 is 2.23 bits per heavy atom. The lowest BCUT2D eigenvalue weighted by molar-refractivity contribution is -0.376. The van der Waals surface area contributed by atoms with Gasteiger partial charge in [0.15, 0.2) is 0 Å². The van der Waals surface area contributed by atoms with E-state index in [0.29, 0.717) is 12.4 Å². The van der Waals surface area contributed by atoms with Gasteiger partial charge in [0.05, 0.1) is 28.1 Å². The molecule has 15 heteroatoms. The van der Waals surface area contributed by atoms with E-state index in [9.17, 15) is 53.0 Å². The predicted octanol–water partition coefficient (Wildman–Crippen LogP) is -0.599. The Bertz CT molecular complexity index is 1350. The second-order valence-electron chi connectivity index (χ2n) is 7.57. The number of rotatable bonds is 3. The van der Waals surface area contributed by atoms with Crippen molar-refractivity contribution >= 4 is 5.91 Å². The summed E-state index contributed by atoms with van der Waals surface area (Å²) in [4.78, 5) is 23.4. The van der Waals surface area contributed by atoms with Crippen LogP contribution in [-0.4, -0.2) is 57.4 Å². The third-order valence-electron chi connectivity index (χ3n) is 5.21. The van der Waals surface area contributed by atoms with Crippen molar-refractivity contribution in [1.82, 2.24) is 20.3 Å². The van der Waals surface area contributed by atoms with Gasteiger partial charge < -0.3 is 30.6 Å². The number of aromatic nitrogens is 3. The van der Waals surface area contributed by atoms with Gasteiger partial charge in [0, 0.05) is 11.8 Å². The quantitative estimate of drug-likeness (QED) is 0.181. The number of carbonyl (C=O) groups excluding carboxylic acids is 1. The monoisotopic (exact) mass is 498 g/mol. The highest BCUT2D eigenvalue weighted by molar-refractivity contribution is 5.99. The van der Waals surface area contributed by atoms with Crippen LogP contribution in [0.15, 0.2) is 42.9 Å². The number of nitrogens with one attached hydrogen (secondary N) is 1. The zero-order valence-electron chi connectivity index (χ0n) is 17.0. The summed E-state index contributed by atoms with van der Waals surface area (Å²) >= 11 is 0. The number of benzene rings is 1. The number of amides is 1. The molecule has 0 fully saturated rings. The topological polar surface area (TPSA) is 189 Å². The van der Waals surface area contributed by atoms with Crippen LogP contribution in [0, 0.1) is 5.82 Å². The van der Waals surface area contributed by atoms with E-state index in [4.69, 9.17) is 0 Å². The Morgan fingerprint density at radius 1 is 0.914 bits per heavy atom. The molecule has 2 aromatic heterocycles. The molecule has 1 aliphatic heterocycles. The molecule has 0 spiro atoms. The fourth-order valence-corrected chi connectivity index (χ4v) is 3.47. The molecule has 0 radical (unpaired) electrons. The molecule has 1 aliphatic rings. The van der Waals surface area contributed by atoms with Crippen LogP contribution >= 0.6 is 0 Å². The van der Waals surface area contributed by atoms with Crippen LogP contribution in [0.25, 0.3) is 11.4 Å². The van der Waals surface area contributed by atoms with Crippen LogP contribution in [0.4, 0.5) is 17.6 Å². The molecule has 35 heavy (non-hydrogen) atoms. The average Bonchev–Trinajstić information content (AvgIpc) is 2.76. The molecule has 0 saturated heterocycles. The van der Waals surface area contributed by atoms with Crippen molar-refractivity contribution < 1.29 is 53.0 Å². The Kier molecular flexibility index (Phi) is 5.40. The normalized spacial score (nSPS) is 17.0. The molecule has 4 rings (SSSR count). The van der Waals surface area contributed by atoms with Crippen LogP contribution in [0.3, 0.4) is 0 Å². The van der Waals surface area contributed by atoms with Gasteiger partial charge in [0.25, 0.3) is 11.7 Å². The highest BCUT2D eigenvalue weighted by Gasteiger charge is 2.57. The molecule has 0 unspecified atom stereocenters. The second kappa shape index (κ2) is 7.70. The van der Waals surface area contributed by atoms with Crippen LogP contribution < -0.4 is 5.32 Å². The predicted molar refractivity (Wildman–Crippen MR) is 103 cm³/mol. The fourth-order valence-electron chi connectivity index (χ4n) is 3.47. The van der Waals surface area contributed by atoms with Gasteiger partial charge in [-0.1, -0.05) is 0 Å². The van der Waals surface area contributed by atoms with Crippen molar-refractivity contribution in [3.05, 3.63) is 76.6 Å². The molecular formula is C20H14F4N4O7. The first-order chi connectivity index (χ1) is 16.1. The summed E-state index contributed by atoms with van der Waals surface area (Å²) < 4.78 is 53.0. The number of alkyl halides is 3. The van der Waals surface area contributed by atoms with Gasteiger partial charge in [-0.3, -0.25) is 15.1 Å². The molecule has 1 amide bonds. The molecule has 3 heterocycles. The lowest BCUT2D eigenvalue weighted by atomic mass is 9.89. The number of hydrogen-bond donors (Lipinski definition) is 7. The summed E-state index contributed by atoms with van der Waals surface area (Å²) in [6, 6.07) is 2.63. The minimum atomic E-state index is -5.01. The Morgan fingerprint density at radius 2 is 1.57 bits per heavy atom. The minimum Gasteiger partial charge on any atom is -0.357 e. The average molecular weight is 498 g/mol. The van der Waals surface area contributed by atoms with Crippen LogP contribution in [-0.2, 0) is 17.8 Å². The van der Waals surface area contributed by atoms with Gasteiger partial charge in [-0.05, 0) is 30.3 Å². The highest BCUT2D eigenvalue weighted by Crippen LogP contribution is 2.40. The number of nitrogens with zero attached hydrogens (tertiary/aromatic N) is 3. The summed E-state index contributed by atoms with van der Waals surface area (Å²) in [5.74, 6) is -13.0.